The summed E-state index contributed by atoms with van der Waals surface area (Å²) in [5.74, 6) is -0.176. The molecule has 0 aromatic carbocycles. The maximum absolute atomic E-state index is 11.5. The molecule has 9 heteroatoms. The lowest BCUT2D eigenvalue weighted by Crippen LogP contribution is -2.14. The summed E-state index contributed by atoms with van der Waals surface area (Å²) >= 11 is 0.972. The molecule has 15 heavy (non-hydrogen) atoms. The van der Waals surface area contributed by atoms with Gasteiger partial charge in [0.1, 0.15) is 11.5 Å². The molecule has 2 rings (SSSR count). The molecule has 2 aromatic heterocycles. The fourth-order valence-corrected chi connectivity index (χ4v) is 1.16. The summed E-state index contributed by atoms with van der Waals surface area (Å²) in [6, 6.07) is 0. The van der Waals surface area contributed by atoms with Gasteiger partial charge >= 0.3 is 0 Å². The van der Waals surface area contributed by atoms with Crippen molar-refractivity contribution in [3.63, 3.8) is 0 Å². The van der Waals surface area contributed by atoms with Gasteiger partial charge < -0.3 is 5.73 Å². The molecular weight excluding hydrogens is 218 g/mol. The van der Waals surface area contributed by atoms with Crippen LogP contribution in [-0.2, 0) is 0 Å². The SMILES string of the molecule is Nc1cnc(C(=O)Nc2nnns2)cn1. The Kier molecular flexibility index (Phi) is 2.46. The molecule has 3 N–H and O–H groups in total. The number of carbonyl (C=O) groups excluding carboxylic acids is 1. The number of nitrogens with one attached hydrogen (secondary N) is 1. The van der Waals surface area contributed by atoms with Crippen molar-refractivity contribution in [1.29, 1.82) is 0 Å². The number of nitrogen functional groups attached to an aromatic ring is 1. The third kappa shape index (κ3) is 2.20. The fraction of sp³-hybridized carbons (Fsp3) is 0. The van der Waals surface area contributed by atoms with Crippen LogP contribution in [0.15, 0.2) is 12.4 Å². The lowest BCUT2D eigenvalue weighted by Gasteiger charge is -1.98. The average molecular weight is 223 g/mol. The van der Waals surface area contributed by atoms with Crippen LogP contribution < -0.4 is 11.1 Å². The van der Waals surface area contributed by atoms with Crippen LogP contribution in [0.3, 0.4) is 0 Å². The normalized spacial score (nSPS) is 9.87. The molecule has 0 fully saturated rings. The van der Waals surface area contributed by atoms with Crippen LogP contribution in [0, 0.1) is 0 Å². The van der Waals surface area contributed by atoms with Crippen LogP contribution in [0.5, 0.6) is 0 Å². The molecule has 0 unspecified atom stereocenters. The molecule has 0 radical (unpaired) electrons. The second kappa shape index (κ2) is 3.92. The number of hydrogen-bond acceptors (Lipinski definition) is 8. The molecule has 0 aliphatic heterocycles. The molecule has 0 spiro atoms. The summed E-state index contributed by atoms with van der Waals surface area (Å²) in [5, 5.41) is 9.64. The topological polar surface area (TPSA) is 120 Å². The molecule has 0 saturated heterocycles. The van der Waals surface area contributed by atoms with Gasteiger partial charge in [-0.3, -0.25) is 10.1 Å². The van der Waals surface area contributed by atoms with Gasteiger partial charge in [0.05, 0.1) is 12.4 Å². The molecule has 0 bridgehead atoms. The maximum Gasteiger partial charge on any atom is 0.277 e. The number of rotatable bonds is 2. The van der Waals surface area contributed by atoms with E-state index in [1.54, 1.807) is 0 Å². The number of amides is 1. The van der Waals surface area contributed by atoms with Crippen molar-refractivity contribution >= 4 is 28.4 Å². The van der Waals surface area contributed by atoms with Crippen LogP contribution in [0.4, 0.5) is 10.9 Å². The number of carbonyl (C=O) groups is 1. The van der Waals surface area contributed by atoms with Gasteiger partial charge in [0.15, 0.2) is 0 Å². The monoisotopic (exact) mass is 223 g/mol. The first-order valence-corrected chi connectivity index (χ1v) is 4.57. The van der Waals surface area contributed by atoms with Gasteiger partial charge in [0, 0.05) is 11.5 Å². The first kappa shape index (κ1) is 9.40. The molecule has 1 amide bonds. The van der Waals surface area contributed by atoms with E-state index in [1.807, 2.05) is 0 Å². The highest BCUT2D eigenvalue weighted by Crippen LogP contribution is 2.06. The van der Waals surface area contributed by atoms with Crippen LogP contribution in [0.25, 0.3) is 0 Å². The molecule has 0 aliphatic carbocycles. The van der Waals surface area contributed by atoms with E-state index in [9.17, 15) is 4.79 Å². The van der Waals surface area contributed by atoms with Gasteiger partial charge in [0.25, 0.3) is 5.91 Å². The van der Waals surface area contributed by atoms with Gasteiger partial charge in [-0.05, 0) is 5.21 Å². The zero-order valence-corrected chi connectivity index (χ0v) is 8.10. The predicted octanol–water partition coefficient (Wildman–Crippen LogP) is -0.442. The Labute approximate surface area is 87.7 Å². The summed E-state index contributed by atoms with van der Waals surface area (Å²) in [7, 11) is 0. The van der Waals surface area contributed by atoms with E-state index < -0.39 is 5.91 Å². The lowest BCUT2D eigenvalue weighted by molar-refractivity contribution is 0.102. The van der Waals surface area contributed by atoms with Crippen molar-refractivity contribution in [3.8, 4) is 0 Å². The van der Waals surface area contributed by atoms with E-state index in [0.717, 1.165) is 11.5 Å². The van der Waals surface area contributed by atoms with Crippen LogP contribution in [-0.4, -0.2) is 30.7 Å². The van der Waals surface area contributed by atoms with Crippen molar-refractivity contribution in [2.75, 3.05) is 11.1 Å². The Hall–Kier alpha value is -2.16. The van der Waals surface area contributed by atoms with Crippen LogP contribution in [0.2, 0.25) is 0 Å². The average Bonchev–Trinajstić information content (AvgIpc) is 2.71. The Balaban J connectivity index is 2.11. The Morgan fingerprint density at radius 2 is 2.27 bits per heavy atom. The summed E-state index contributed by atoms with van der Waals surface area (Å²) in [5.41, 5.74) is 5.48. The molecule has 76 valence electrons. The largest absolute Gasteiger partial charge is 0.382 e. The van der Waals surface area contributed by atoms with E-state index in [0.29, 0.717) is 5.13 Å². The van der Waals surface area contributed by atoms with Gasteiger partial charge in [-0.1, -0.05) is 9.59 Å². The first-order chi connectivity index (χ1) is 7.25. The minimum atomic E-state index is -0.430. The number of anilines is 2. The predicted molar refractivity (Wildman–Crippen MR) is 52.1 cm³/mol. The highest BCUT2D eigenvalue weighted by Gasteiger charge is 2.09. The van der Waals surface area contributed by atoms with Crippen molar-refractivity contribution < 1.29 is 4.79 Å². The molecule has 0 atom stereocenters. The molecule has 2 heterocycles. The zero-order chi connectivity index (χ0) is 10.7. The maximum atomic E-state index is 11.5. The van der Waals surface area contributed by atoms with Gasteiger partial charge in [-0.2, -0.15) is 0 Å². The molecule has 2 aromatic rings. The molecule has 0 saturated carbocycles. The van der Waals surface area contributed by atoms with Gasteiger partial charge in [-0.15, -0.1) is 0 Å². The molecule has 0 aliphatic rings. The molecule has 8 nitrogen and oxygen atoms in total. The summed E-state index contributed by atoms with van der Waals surface area (Å²) in [6.45, 7) is 0. The number of aromatic nitrogens is 5. The van der Waals surface area contributed by atoms with Crippen molar-refractivity contribution in [1.82, 2.24) is 24.8 Å². The first-order valence-electron chi connectivity index (χ1n) is 3.79. The second-order valence-corrected chi connectivity index (χ2v) is 3.18. The van der Waals surface area contributed by atoms with E-state index in [4.69, 9.17) is 5.73 Å². The Morgan fingerprint density at radius 1 is 1.40 bits per heavy atom. The highest BCUT2D eigenvalue weighted by atomic mass is 32.1. The smallest absolute Gasteiger partial charge is 0.277 e. The number of hydrogen-bond donors (Lipinski definition) is 2. The van der Waals surface area contributed by atoms with Crippen molar-refractivity contribution in [2.45, 2.75) is 0 Å². The highest BCUT2D eigenvalue weighted by molar-refractivity contribution is 7.09. The third-order valence-corrected chi connectivity index (χ3v) is 1.94. The quantitative estimate of drug-likeness (QED) is 0.707. The standard InChI is InChI=1S/C6H5N7OS/c7-4-2-8-3(1-9-4)5(14)10-6-11-12-13-15-6/h1-2H,(H2,7,9)(H,10,11,13,14). The van der Waals surface area contributed by atoms with Crippen molar-refractivity contribution in [2.24, 2.45) is 0 Å². The minimum Gasteiger partial charge on any atom is -0.382 e. The molecular formula is C6H5N7OS. The van der Waals surface area contributed by atoms with E-state index in [1.165, 1.54) is 12.4 Å². The number of nitrogens with zero attached hydrogens (tertiary/aromatic N) is 5. The van der Waals surface area contributed by atoms with Gasteiger partial charge in [-0.25, -0.2) is 9.97 Å². The second-order valence-electron chi connectivity index (χ2n) is 2.45. The lowest BCUT2D eigenvalue weighted by atomic mass is 10.4. The van der Waals surface area contributed by atoms with E-state index in [-0.39, 0.29) is 11.5 Å². The Morgan fingerprint density at radius 3 is 2.87 bits per heavy atom. The number of nitrogens with two attached hydrogens (primary N) is 1. The van der Waals surface area contributed by atoms with Gasteiger partial charge in [0.2, 0.25) is 5.13 Å². The summed E-state index contributed by atoms with van der Waals surface area (Å²) in [6.07, 6.45) is 2.58. The fourth-order valence-electron chi connectivity index (χ4n) is 0.798. The van der Waals surface area contributed by atoms with E-state index >= 15 is 0 Å². The van der Waals surface area contributed by atoms with Crippen molar-refractivity contribution in [3.05, 3.63) is 18.1 Å². The van der Waals surface area contributed by atoms with Crippen LogP contribution in [0.1, 0.15) is 10.5 Å². The van der Waals surface area contributed by atoms with E-state index in [2.05, 4.69) is 30.1 Å². The minimum absolute atomic E-state index is 0.152. The summed E-state index contributed by atoms with van der Waals surface area (Å²) in [4.78, 5) is 19.0. The zero-order valence-electron chi connectivity index (χ0n) is 7.28. The third-order valence-electron chi connectivity index (χ3n) is 1.42. The summed E-state index contributed by atoms with van der Waals surface area (Å²) < 4.78 is 3.49. The van der Waals surface area contributed by atoms with Crippen LogP contribution >= 0.6 is 11.5 Å². The Bertz CT molecular complexity index is 453.